The maximum Gasteiger partial charge on any atom is 0.143 e. The topological polar surface area (TPSA) is 18.1 Å². The number of hydrogen-bond donors (Lipinski definition) is 0. The highest BCUT2D eigenvalue weighted by Crippen LogP contribution is 2.64. The van der Waals surface area contributed by atoms with Crippen molar-refractivity contribution >= 4 is 43.7 Å². The van der Waals surface area contributed by atoms with E-state index in [1.807, 2.05) is 0 Å². The first-order chi connectivity index (χ1) is 24.8. The van der Waals surface area contributed by atoms with Crippen LogP contribution in [-0.4, -0.2) is 4.57 Å². The lowest BCUT2D eigenvalue weighted by Crippen LogP contribution is -2.42. The van der Waals surface area contributed by atoms with Gasteiger partial charge in [0.25, 0.3) is 0 Å². The van der Waals surface area contributed by atoms with Crippen LogP contribution in [0.4, 0.5) is 0 Å². The van der Waals surface area contributed by atoms with E-state index in [2.05, 4.69) is 150 Å². The van der Waals surface area contributed by atoms with Crippen LogP contribution >= 0.6 is 0 Å². The van der Waals surface area contributed by atoms with Crippen LogP contribution in [0.2, 0.25) is 0 Å². The first kappa shape index (κ1) is 27.0. The summed E-state index contributed by atoms with van der Waals surface area (Å²) in [5.74, 6) is 0.595. The maximum atomic E-state index is 6.67. The summed E-state index contributed by atoms with van der Waals surface area (Å²) >= 11 is 0. The fourth-order valence-corrected chi connectivity index (χ4v) is 10.3. The molecule has 1 aliphatic heterocycles. The predicted molar refractivity (Wildman–Crippen MR) is 206 cm³/mol. The van der Waals surface area contributed by atoms with Gasteiger partial charge in [-0.25, -0.2) is 0 Å². The molecular weight excluding hydrogens is 607 g/mol. The minimum Gasteiger partial charge on any atom is -0.455 e. The van der Waals surface area contributed by atoms with Crippen LogP contribution in [0.5, 0.6) is 0 Å². The van der Waals surface area contributed by atoms with Crippen LogP contribution in [0.1, 0.15) is 48.3 Å². The monoisotopic (exact) mass is 639 g/mol. The largest absolute Gasteiger partial charge is 0.455 e. The van der Waals surface area contributed by atoms with Gasteiger partial charge in [0.1, 0.15) is 11.2 Å². The zero-order valence-electron chi connectivity index (χ0n) is 27.6. The second kappa shape index (κ2) is 9.64. The van der Waals surface area contributed by atoms with E-state index >= 15 is 0 Å². The SMILES string of the molecule is c1ccc(-c2ccc3c(c2)c2cc(-c4cccc5c4oc4ccccc45)cc4c2n3-c2ccc(-c3ccccc3)c3c2C42CCC3CC2)cc1. The van der Waals surface area contributed by atoms with Gasteiger partial charge in [-0.1, -0.05) is 109 Å². The second-order valence-electron chi connectivity index (χ2n) is 14.8. The van der Waals surface area contributed by atoms with Gasteiger partial charge in [0, 0.05) is 32.5 Å². The third kappa shape index (κ3) is 3.39. The van der Waals surface area contributed by atoms with E-state index in [-0.39, 0.29) is 5.41 Å². The molecule has 3 aliphatic carbocycles. The molecule has 0 atom stereocenters. The number of fused-ring (bicyclic) bond motifs is 9. The lowest BCUT2D eigenvalue weighted by Gasteiger charge is -2.52. The summed E-state index contributed by atoms with van der Waals surface area (Å²) in [6.45, 7) is 0. The Morgan fingerprint density at radius 1 is 0.540 bits per heavy atom. The van der Waals surface area contributed by atoms with Crippen molar-refractivity contribution in [1.82, 2.24) is 4.57 Å². The zero-order valence-corrected chi connectivity index (χ0v) is 27.6. The van der Waals surface area contributed by atoms with Crippen LogP contribution in [0, 0.1) is 0 Å². The van der Waals surface area contributed by atoms with Gasteiger partial charge >= 0.3 is 0 Å². The van der Waals surface area contributed by atoms with Crippen molar-refractivity contribution in [3.05, 3.63) is 162 Å². The summed E-state index contributed by atoms with van der Waals surface area (Å²) in [5.41, 5.74) is 18.3. The number of rotatable bonds is 3. The number of aromatic nitrogens is 1. The highest BCUT2D eigenvalue weighted by molar-refractivity contribution is 6.16. The van der Waals surface area contributed by atoms with E-state index in [4.69, 9.17) is 4.42 Å². The maximum absolute atomic E-state index is 6.67. The second-order valence-corrected chi connectivity index (χ2v) is 14.8. The van der Waals surface area contributed by atoms with Crippen molar-refractivity contribution in [3.8, 4) is 39.1 Å². The van der Waals surface area contributed by atoms with Gasteiger partial charge in [-0.05, 0) is 113 Å². The molecule has 236 valence electrons. The van der Waals surface area contributed by atoms with Gasteiger partial charge in [0.05, 0.1) is 16.7 Å². The molecule has 1 saturated carbocycles. The Morgan fingerprint density at radius 3 is 2.12 bits per heavy atom. The fourth-order valence-electron chi connectivity index (χ4n) is 10.3. The van der Waals surface area contributed by atoms with E-state index in [1.54, 1.807) is 11.1 Å². The number of hydrogen-bond acceptors (Lipinski definition) is 1. The average molecular weight is 640 g/mol. The molecule has 1 fully saturated rings. The number of furan rings is 1. The molecule has 2 aromatic heterocycles. The van der Waals surface area contributed by atoms with E-state index < -0.39 is 0 Å². The predicted octanol–water partition coefficient (Wildman–Crippen LogP) is 13.0. The number of para-hydroxylation sites is 2. The zero-order chi connectivity index (χ0) is 32.6. The summed E-state index contributed by atoms with van der Waals surface area (Å²) in [6.07, 6.45) is 4.86. The standard InChI is InChI=1S/C48H33NO/c1-3-10-29(11-4-1)32-18-20-41-38(26-32)39-27-33(35-15-9-16-37-36-14-7-8-17-43(36)50-47(35)37)28-40-46(39)49(41)42-21-19-34(30-12-5-2-6-13-30)44-31-22-24-48(40,25-23-31)45(42)44/h1-21,26-28,31H,22-25H2. The highest BCUT2D eigenvalue weighted by Gasteiger charge is 2.51. The van der Waals surface area contributed by atoms with E-state index in [9.17, 15) is 0 Å². The van der Waals surface area contributed by atoms with Crippen molar-refractivity contribution < 1.29 is 4.42 Å². The summed E-state index contributed by atoms with van der Waals surface area (Å²) in [5, 5.41) is 5.00. The van der Waals surface area contributed by atoms with E-state index in [1.165, 1.54) is 103 Å². The smallest absolute Gasteiger partial charge is 0.143 e. The average Bonchev–Trinajstić information content (AvgIpc) is 3.74. The van der Waals surface area contributed by atoms with Gasteiger partial charge < -0.3 is 8.98 Å². The molecule has 2 bridgehead atoms. The lowest BCUT2D eigenvalue weighted by atomic mass is 9.53. The normalized spacial score (nSPS) is 18.8. The third-order valence-electron chi connectivity index (χ3n) is 12.5. The fraction of sp³-hybridized carbons (Fsp3) is 0.125. The molecule has 1 spiro atoms. The Kier molecular flexibility index (Phi) is 5.21. The van der Waals surface area contributed by atoms with Crippen LogP contribution < -0.4 is 0 Å². The minimum atomic E-state index is -0.0210. The Hall–Kier alpha value is -5.86. The van der Waals surface area contributed by atoms with Crippen LogP contribution in [-0.2, 0) is 5.41 Å². The Bertz CT molecular complexity index is 2860. The Balaban J connectivity index is 1.23. The Labute approximate surface area is 290 Å². The Morgan fingerprint density at radius 2 is 1.28 bits per heavy atom. The van der Waals surface area contributed by atoms with Gasteiger partial charge in [-0.2, -0.15) is 0 Å². The van der Waals surface area contributed by atoms with Crippen molar-refractivity contribution in [1.29, 1.82) is 0 Å². The molecule has 2 heteroatoms. The summed E-state index contributed by atoms with van der Waals surface area (Å²) in [6, 6.07) is 54.1. The molecule has 0 N–H and O–H groups in total. The van der Waals surface area contributed by atoms with Gasteiger partial charge in [-0.15, -0.1) is 0 Å². The van der Waals surface area contributed by atoms with Crippen LogP contribution in [0.3, 0.4) is 0 Å². The molecule has 0 amide bonds. The molecule has 13 rings (SSSR count). The molecule has 4 aliphatic rings. The summed E-state index contributed by atoms with van der Waals surface area (Å²) in [4.78, 5) is 0. The number of nitrogens with zero attached hydrogens (tertiary/aromatic N) is 1. The molecule has 9 aromatic rings. The highest BCUT2D eigenvalue weighted by atomic mass is 16.3. The van der Waals surface area contributed by atoms with Gasteiger partial charge in [-0.3, -0.25) is 0 Å². The van der Waals surface area contributed by atoms with E-state index in [0.29, 0.717) is 5.92 Å². The van der Waals surface area contributed by atoms with Crippen molar-refractivity contribution in [3.63, 3.8) is 0 Å². The molecule has 7 aromatic carbocycles. The molecule has 3 heterocycles. The first-order valence-corrected chi connectivity index (χ1v) is 18.1. The summed E-state index contributed by atoms with van der Waals surface area (Å²) in [7, 11) is 0. The van der Waals surface area contributed by atoms with Gasteiger partial charge in [0.2, 0.25) is 0 Å². The third-order valence-corrected chi connectivity index (χ3v) is 12.5. The van der Waals surface area contributed by atoms with Crippen LogP contribution in [0.15, 0.2) is 150 Å². The lowest BCUT2D eigenvalue weighted by molar-refractivity contribution is 0.278. The minimum absolute atomic E-state index is 0.0210. The van der Waals surface area contributed by atoms with Crippen LogP contribution in [0.25, 0.3) is 82.8 Å². The van der Waals surface area contributed by atoms with Crippen molar-refractivity contribution in [2.45, 2.75) is 37.0 Å². The molecule has 0 unspecified atom stereocenters. The molecular formula is C48H33NO. The molecule has 50 heavy (non-hydrogen) atoms. The van der Waals surface area contributed by atoms with Crippen molar-refractivity contribution in [2.75, 3.05) is 0 Å². The molecule has 0 radical (unpaired) electrons. The quantitative estimate of drug-likeness (QED) is 0.188. The van der Waals surface area contributed by atoms with Crippen molar-refractivity contribution in [2.24, 2.45) is 0 Å². The first-order valence-electron chi connectivity index (χ1n) is 18.1. The summed E-state index contributed by atoms with van der Waals surface area (Å²) < 4.78 is 9.29. The molecule has 0 saturated heterocycles. The molecule has 2 nitrogen and oxygen atoms in total. The number of benzene rings is 7. The van der Waals surface area contributed by atoms with Gasteiger partial charge in [0.15, 0.2) is 0 Å². The van der Waals surface area contributed by atoms with E-state index in [0.717, 1.165) is 11.2 Å².